The molecule has 13 atom stereocenters. The number of aliphatic hydroxyl groups is 2. The zero-order valence-corrected chi connectivity index (χ0v) is 21.1. The van der Waals surface area contributed by atoms with Gasteiger partial charge in [0.1, 0.15) is 29.5 Å². The fourth-order valence-electron chi connectivity index (χ4n) is 9.37. The van der Waals surface area contributed by atoms with Crippen molar-refractivity contribution in [3.8, 4) is 0 Å². The van der Waals surface area contributed by atoms with Crippen molar-refractivity contribution in [2.45, 2.75) is 86.4 Å². The zero-order valence-electron chi connectivity index (χ0n) is 21.1. The molecule has 0 radical (unpaired) electrons. The van der Waals surface area contributed by atoms with Gasteiger partial charge in [-0.3, -0.25) is 0 Å². The number of carbonyl (C=O) groups excluding carboxylic acids is 1. The number of fused-ring (bicyclic) bond motifs is 2. The molecule has 198 valence electrons. The molecule has 3 saturated carbocycles. The van der Waals surface area contributed by atoms with Crippen LogP contribution in [0.2, 0.25) is 0 Å². The fraction of sp³-hybridized carbons (Fsp3) is 0.679. The molecule has 0 amide bonds. The lowest BCUT2D eigenvalue weighted by Gasteiger charge is -2.60. The van der Waals surface area contributed by atoms with E-state index in [2.05, 4.69) is 13.5 Å². The largest absolute Gasteiger partial charge is 0.509 e. The summed E-state index contributed by atoms with van der Waals surface area (Å²) in [7, 11) is 0. The molecule has 7 fully saturated rings. The van der Waals surface area contributed by atoms with E-state index in [1.165, 1.54) is 0 Å². The van der Waals surface area contributed by atoms with Gasteiger partial charge in [-0.05, 0) is 37.2 Å². The molecule has 1 aromatic carbocycles. The van der Waals surface area contributed by atoms with E-state index in [9.17, 15) is 15.0 Å². The second-order valence-corrected chi connectivity index (χ2v) is 12.4. The number of benzene rings is 1. The molecule has 7 aliphatic rings. The summed E-state index contributed by atoms with van der Waals surface area (Å²) in [4.78, 5) is 12.7. The van der Waals surface area contributed by atoms with Crippen LogP contribution in [0, 0.1) is 23.7 Å². The molecule has 0 aromatic heterocycles. The zero-order chi connectivity index (χ0) is 25.8. The smallest absolute Gasteiger partial charge is 0.426 e. The van der Waals surface area contributed by atoms with Gasteiger partial charge >= 0.3 is 12.1 Å². The lowest BCUT2D eigenvalue weighted by atomic mass is 9.54. The van der Waals surface area contributed by atoms with Crippen LogP contribution in [0.1, 0.15) is 39.2 Å². The van der Waals surface area contributed by atoms with Crippen LogP contribution in [0.4, 0.5) is 4.79 Å². The monoisotopic (exact) mass is 512 g/mol. The predicted molar refractivity (Wildman–Crippen MR) is 125 cm³/mol. The highest BCUT2D eigenvalue weighted by molar-refractivity contribution is 5.65. The molecule has 2 N–H and O–H groups in total. The summed E-state index contributed by atoms with van der Waals surface area (Å²) < 4.78 is 38.9. The molecular formula is C28H32O9. The third kappa shape index (κ3) is 2.23. The second kappa shape index (κ2) is 6.58. The van der Waals surface area contributed by atoms with Crippen LogP contribution in [-0.4, -0.2) is 69.8 Å². The first-order valence-corrected chi connectivity index (χ1v) is 13.3. The number of hydrogen-bond acceptors (Lipinski definition) is 9. The average molecular weight is 513 g/mol. The van der Waals surface area contributed by atoms with Crippen molar-refractivity contribution in [1.82, 2.24) is 0 Å². The van der Waals surface area contributed by atoms with Gasteiger partial charge in [-0.2, -0.15) is 0 Å². The molecule has 4 saturated heterocycles. The van der Waals surface area contributed by atoms with Crippen molar-refractivity contribution in [2.75, 3.05) is 6.61 Å². The number of carbonyl (C=O) groups is 1. The van der Waals surface area contributed by atoms with Gasteiger partial charge in [0.2, 0.25) is 0 Å². The highest BCUT2D eigenvalue weighted by atomic mass is 16.9. The molecule has 37 heavy (non-hydrogen) atoms. The summed E-state index contributed by atoms with van der Waals surface area (Å²) in [5.41, 5.74) is -3.05. The van der Waals surface area contributed by atoms with Crippen molar-refractivity contribution in [3.63, 3.8) is 0 Å². The average Bonchev–Trinajstić information content (AvgIpc) is 3.33. The third-order valence-electron chi connectivity index (χ3n) is 10.8. The molecule has 8 rings (SSSR count). The molecule has 0 unspecified atom stereocenters. The van der Waals surface area contributed by atoms with Crippen LogP contribution in [0.5, 0.6) is 0 Å². The van der Waals surface area contributed by atoms with E-state index >= 15 is 0 Å². The van der Waals surface area contributed by atoms with Crippen molar-refractivity contribution < 1.29 is 43.4 Å². The van der Waals surface area contributed by atoms with E-state index in [1.54, 1.807) is 0 Å². The van der Waals surface area contributed by atoms with Gasteiger partial charge < -0.3 is 38.6 Å². The lowest BCUT2D eigenvalue weighted by molar-refractivity contribution is -0.442. The Hall–Kier alpha value is -2.01. The molecule has 1 aromatic rings. The Kier molecular flexibility index (Phi) is 4.08. The number of ether oxygens (including phenoxy) is 6. The molecule has 9 heteroatoms. The maximum Gasteiger partial charge on any atom is 0.509 e. The van der Waals surface area contributed by atoms with Crippen molar-refractivity contribution in [3.05, 3.63) is 48.0 Å². The molecular weight excluding hydrogens is 480 g/mol. The Balaban J connectivity index is 1.42. The maximum atomic E-state index is 12.7. The Morgan fingerprint density at radius 1 is 1.08 bits per heavy atom. The van der Waals surface area contributed by atoms with Crippen molar-refractivity contribution >= 4 is 6.16 Å². The summed E-state index contributed by atoms with van der Waals surface area (Å²) in [6.07, 6.45) is -2.74. The van der Waals surface area contributed by atoms with Crippen LogP contribution in [0.15, 0.2) is 42.5 Å². The molecule has 3 bridgehead atoms. The Morgan fingerprint density at radius 3 is 2.54 bits per heavy atom. The van der Waals surface area contributed by atoms with Gasteiger partial charge in [0.05, 0.1) is 12.2 Å². The summed E-state index contributed by atoms with van der Waals surface area (Å²) >= 11 is 0. The molecule has 4 aliphatic heterocycles. The normalized spacial score (nSPS) is 57.9. The first-order chi connectivity index (χ1) is 17.6. The van der Waals surface area contributed by atoms with Gasteiger partial charge in [-0.15, -0.1) is 0 Å². The Labute approximate surface area is 214 Å². The van der Waals surface area contributed by atoms with Crippen molar-refractivity contribution in [1.29, 1.82) is 0 Å². The van der Waals surface area contributed by atoms with Crippen LogP contribution in [0.25, 0.3) is 0 Å². The van der Waals surface area contributed by atoms with E-state index in [-0.39, 0.29) is 11.8 Å². The molecule has 4 heterocycles. The van der Waals surface area contributed by atoms with E-state index in [0.29, 0.717) is 12.8 Å². The Morgan fingerprint density at radius 2 is 1.84 bits per heavy atom. The summed E-state index contributed by atoms with van der Waals surface area (Å²) in [5.74, 6) is -2.59. The number of hydrogen-bond donors (Lipinski definition) is 2. The minimum absolute atomic E-state index is 0.107. The molecule has 9 nitrogen and oxygen atoms in total. The SMILES string of the molecule is C=C(C)[C@]12C[C@@H](C)[C@@]34O[C@@](c5ccccc5)(O[C@@H]1[C@@H]3[C@@H]1O[C@]1(CO)[C@@H](O)[C@]13OC(=O)O[C@H]1[C@@H](C)C[C@@H]43)O2. The van der Waals surface area contributed by atoms with E-state index in [4.69, 9.17) is 28.4 Å². The van der Waals surface area contributed by atoms with E-state index in [0.717, 1.165) is 11.1 Å². The van der Waals surface area contributed by atoms with E-state index in [1.807, 2.05) is 44.2 Å². The third-order valence-corrected chi connectivity index (χ3v) is 10.8. The highest BCUT2D eigenvalue weighted by Crippen LogP contribution is 2.75. The number of epoxide rings is 1. The Bertz CT molecular complexity index is 1220. The van der Waals surface area contributed by atoms with Crippen molar-refractivity contribution in [2.24, 2.45) is 23.7 Å². The van der Waals surface area contributed by atoms with Crippen LogP contribution >= 0.6 is 0 Å². The van der Waals surface area contributed by atoms with Gasteiger partial charge in [-0.25, -0.2) is 4.79 Å². The summed E-state index contributed by atoms with van der Waals surface area (Å²) in [5, 5.41) is 22.7. The van der Waals surface area contributed by atoms with Gasteiger partial charge in [0, 0.05) is 17.4 Å². The second-order valence-electron chi connectivity index (χ2n) is 12.4. The fourth-order valence-corrected chi connectivity index (χ4v) is 9.37. The lowest BCUT2D eigenvalue weighted by Crippen LogP contribution is -2.72. The molecule has 1 spiro atoms. The number of aliphatic hydroxyl groups excluding tert-OH is 2. The maximum absolute atomic E-state index is 12.7. The standard InChI is InChI=1S/C28H32O9/c1-13(2)24-11-15(4)26-17-10-14(3)19-27(17,35-23(31)32-19)22(30)25(12-29)21(33-25)18(26)20(24)34-28(36-24,37-26)16-8-6-5-7-9-16/h5-9,14-15,17-22,29-30H,1,10-12H2,2-4H3/t14-,15+,17-,18+,19-,20+,21-,22+,24+,25-,26-,27+,28-/m0/s1. The first-order valence-electron chi connectivity index (χ1n) is 13.3. The predicted octanol–water partition coefficient (Wildman–Crippen LogP) is 2.39. The quantitative estimate of drug-likeness (QED) is 0.358. The molecule has 3 aliphatic carbocycles. The number of rotatable bonds is 3. The highest BCUT2D eigenvalue weighted by Gasteiger charge is 2.91. The van der Waals surface area contributed by atoms with E-state index < -0.39 is 77.4 Å². The van der Waals surface area contributed by atoms with Gasteiger partial charge in [0.25, 0.3) is 0 Å². The van der Waals surface area contributed by atoms with Gasteiger partial charge in [-0.1, -0.05) is 50.8 Å². The minimum Gasteiger partial charge on any atom is -0.426 e. The van der Waals surface area contributed by atoms with Crippen LogP contribution in [-0.2, 0) is 34.4 Å². The van der Waals surface area contributed by atoms with Crippen LogP contribution < -0.4 is 0 Å². The summed E-state index contributed by atoms with van der Waals surface area (Å²) in [6.45, 7) is 9.96. The van der Waals surface area contributed by atoms with Gasteiger partial charge in [0.15, 0.2) is 11.7 Å². The van der Waals surface area contributed by atoms with Crippen LogP contribution in [0.3, 0.4) is 0 Å². The topological polar surface area (TPSA) is 116 Å². The summed E-state index contributed by atoms with van der Waals surface area (Å²) in [6, 6.07) is 9.58. The first kappa shape index (κ1) is 22.9. The minimum atomic E-state index is -1.51.